The molecule has 0 saturated carbocycles. The van der Waals surface area contributed by atoms with Crippen LogP contribution in [0.3, 0.4) is 0 Å². The summed E-state index contributed by atoms with van der Waals surface area (Å²) >= 11 is 0. The van der Waals surface area contributed by atoms with Gasteiger partial charge in [-0.25, -0.2) is 0 Å². The molecule has 0 spiro atoms. The number of hydrogen-bond acceptors (Lipinski definition) is 3. The van der Waals surface area contributed by atoms with E-state index in [1.807, 2.05) is 24.3 Å². The van der Waals surface area contributed by atoms with E-state index in [0.717, 1.165) is 24.2 Å². The lowest BCUT2D eigenvalue weighted by Crippen LogP contribution is -2.24. The molecular weight excluding hydrogens is 278 g/mol. The van der Waals surface area contributed by atoms with Gasteiger partial charge >= 0.3 is 0 Å². The van der Waals surface area contributed by atoms with E-state index in [2.05, 4.69) is 10.3 Å². The number of aromatic nitrogens is 1. The van der Waals surface area contributed by atoms with E-state index in [0.29, 0.717) is 18.5 Å². The summed E-state index contributed by atoms with van der Waals surface area (Å²) in [6.07, 6.45) is 4.74. The maximum absolute atomic E-state index is 11.9. The van der Waals surface area contributed by atoms with Crippen LogP contribution in [0.15, 0.2) is 48.8 Å². The zero-order chi connectivity index (χ0) is 15.4. The quantitative estimate of drug-likeness (QED) is 0.940. The van der Waals surface area contributed by atoms with Gasteiger partial charge in [-0.15, -0.1) is 0 Å². The van der Waals surface area contributed by atoms with Crippen LogP contribution in [-0.4, -0.2) is 23.3 Å². The largest absolute Gasteiger partial charge is 0.348 e. The van der Waals surface area contributed by atoms with Gasteiger partial charge < -0.3 is 10.2 Å². The van der Waals surface area contributed by atoms with Crippen molar-refractivity contribution in [2.45, 2.75) is 19.4 Å². The highest BCUT2D eigenvalue weighted by atomic mass is 16.2. The van der Waals surface area contributed by atoms with Crippen LogP contribution in [0.25, 0.3) is 0 Å². The Morgan fingerprint density at radius 1 is 1.14 bits per heavy atom. The Balaban J connectivity index is 1.59. The van der Waals surface area contributed by atoms with E-state index in [1.165, 1.54) is 0 Å². The zero-order valence-electron chi connectivity index (χ0n) is 12.2. The van der Waals surface area contributed by atoms with Gasteiger partial charge in [0.2, 0.25) is 5.91 Å². The Bertz CT molecular complexity index is 668. The van der Waals surface area contributed by atoms with Crippen LogP contribution in [-0.2, 0) is 11.3 Å². The zero-order valence-corrected chi connectivity index (χ0v) is 12.2. The molecule has 0 atom stereocenters. The number of anilines is 1. The molecule has 3 rings (SSSR count). The molecule has 5 heteroatoms. The van der Waals surface area contributed by atoms with Gasteiger partial charge in [-0.3, -0.25) is 14.6 Å². The standard InChI is InChI=1S/C17H17N3O2/c21-16-2-1-11-20(16)15-5-3-13(4-6-15)12-19-17(22)14-7-9-18-10-8-14/h3-10H,1-2,11-12H2,(H,19,22). The first-order chi connectivity index (χ1) is 10.7. The summed E-state index contributed by atoms with van der Waals surface area (Å²) in [6.45, 7) is 1.24. The Morgan fingerprint density at radius 2 is 1.86 bits per heavy atom. The fraction of sp³-hybridized carbons (Fsp3) is 0.235. The second-order valence-electron chi connectivity index (χ2n) is 5.23. The minimum absolute atomic E-state index is 0.124. The lowest BCUT2D eigenvalue weighted by Gasteiger charge is -2.16. The minimum Gasteiger partial charge on any atom is -0.348 e. The molecule has 5 nitrogen and oxygen atoms in total. The molecular formula is C17H17N3O2. The van der Waals surface area contributed by atoms with E-state index in [1.54, 1.807) is 29.4 Å². The fourth-order valence-corrected chi connectivity index (χ4v) is 2.50. The first-order valence-electron chi connectivity index (χ1n) is 7.31. The maximum atomic E-state index is 11.9. The van der Waals surface area contributed by atoms with E-state index in [-0.39, 0.29) is 11.8 Å². The highest BCUT2D eigenvalue weighted by Crippen LogP contribution is 2.21. The highest BCUT2D eigenvalue weighted by molar-refractivity contribution is 5.95. The van der Waals surface area contributed by atoms with Crippen molar-refractivity contribution in [2.24, 2.45) is 0 Å². The van der Waals surface area contributed by atoms with Crippen LogP contribution in [0.5, 0.6) is 0 Å². The molecule has 2 amide bonds. The molecule has 0 radical (unpaired) electrons. The second-order valence-corrected chi connectivity index (χ2v) is 5.23. The third-order valence-corrected chi connectivity index (χ3v) is 3.72. The summed E-state index contributed by atoms with van der Waals surface area (Å²) in [4.78, 5) is 29.3. The lowest BCUT2D eigenvalue weighted by atomic mass is 10.2. The summed E-state index contributed by atoms with van der Waals surface area (Å²) in [7, 11) is 0. The minimum atomic E-state index is -0.124. The maximum Gasteiger partial charge on any atom is 0.251 e. The van der Waals surface area contributed by atoms with Gasteiger partial charge in [0.15, 0.2) is 0 Å². The van der Waals surface area contributed by atoms with Crippen LogP contribution in [0.4, 0.5) is 5.69 Å². The third-order valence-electron chi connectivity index (χ3n) is 3.72. The Morgan fingerprint density at radius 3 is 2.50 bits per heavy atom. The first kappa shape index (κ1) is 14.3. The topological polar surface area (TPSA) is 62.3 Å². The molecule has 1 aliphatic heterocycles. The molecule has 1 aromatic heterocycles. The molecule has 0 aliphatic carbocycles. The number of benzene rings is 1. The molecule has 0 bridgehead atoms. The van der Waals surface area contributed by atoms with E-state index in [9.17, 15) is 9.59 Å². The van der Waals surface area contributed by atoms with Crippen molar-refractivity contribution in [2.75, 3.05) is 11.4 Å². The van der Waals surface area contributed by atoms with Crippen LogP contribution in [0.1, 0.15) is 28.8 Å². The number of nitrogens with zero attached hydrogens (tertiary/aromatic N) is 2. The van der Waals surface area contributed by atoms with Gasteiger partial charge in [0.1, 0.15) is 0 Å². The summed E-state index contributed by atoms with van der Waals surface area (Å²) < 4.78 is 0. The lowest BCUT2D eigenvalue weighted by molar-refractivity contribution is -0.117. The summed E-state index contributed by atoms with van der Waals surface area (Å²) in [5.74, 6) is 0.0555. The van der Waals surface area contributed by atoms with Gasteiger partial charge in [0, 0.05) is 43.2 Å². The molecule has 1 N–H and O–H groups in total. The third kappa shape index (κ3) is 3.14. The number of carbonyl (C=O) groups excluding carboxylic acids is 2. The van der Waals surface area contributed by atoms with E-state index in [4.69, 9.17) is 0 Å². The number of rotatable bonds is 4. The normalized spacial score (nSPS) is 14.2. The van der Waals surface area contributed by atoms with Crippen molar-refractivity contribution in [3.63, 3.8) is 0 Å². The average molecular weight is 295 g/mol. The Kier molecular flexibility index (Phi) is 4.14. The van der Waals surface area contributed by atoms with Gasteiger partial charge in [0.25, 0.3) is 5.91 Å². The van der Waals surface area contributed by atoms with Crippen LogP contribution in [0.2, 0.25) is 0 Å². The van der Waals surface area contributed by atoms with Crippen LogP contribution >= 0.6 is 0 Å². The summed E-state index contributed by atoms with van der Waals surface area (Å²) in [5.41, 5.74) is 2.51. The van der Waals surface area contributed by atoms with Gasteiger partial charge in [0.05, 0.1) is 0 Å². The van der Waals surface area contributed by atoms with E-state index >= 15 is 0 Å². The van der Waals surface area contributed by atoms with Crippen molar-refractivity contribution < 1.29 is 9.59 Å². The van der Waals surface area contributed by atoms with Crippen LogP contribution < -0.4 is 10.2 Å². The molecule has 2 aromatic rings. The SMILES string of the molecule is O=C(NCc1ccc(N2CCCC2=O)cc1)c1ccncc1. The molecule has 1 fully saturated rings. The van der Waals surface area contributed by atoms with Gasteiger partial charge in [-0.05, 0) is 36.2 Å². The fourth-order valence-electron chi connectivity index (χ4n) is 2.50. The number of hydrogen-bond donors (Lipinski definition) is 1. The Labute approximate surface area is 129 Å². The summed E-state index contributed by atoms with van der Waals surface area (Å²) in [5, 5.41) is 2.87. The highest BCUT2D eigenvalue weighted by Gasteiger charge is 2.21. The number of amides is 2. The molecule has 0 unspecified atom stereocenters. The molecule has 2 heterocycles. The average Bonchev–Trinajstić information content (AvgIpc) is 3.00. The number of nitrogens with one attached hydrogen (secondary N) is 1. The first-order valence-corrected chi connectivity index (χ1v) is 7.31. The molecule has 1 saturated heterocycles. The van der Waals surface area contributed by atoms with Crippen molar-refractivity contribution >= 4 is 17.5 Å². The smallest absolute Gasteiger partial charge is 0.251 e. The molecule has 22 heavy (non-hydrogen) atoms. The van der Waals surface area contributed by atoms with E-state index < -0.39 is 0 Å². The van der Waals surface area contributed by atoms with Gasteiger partial charge in [-0.1, -0.05) is 12.1 Å². The van der Waals surface area contributed by atoms with Crippen molar-refractivity contribution in [1.82, 2.24) is 10.3 Å². The molecule has 1 aliphatic rings. The number of carbonyl (C=O) groups is 2. The predicted molar refractivity (Wildman–Crippen MR) is 83.4 cm³/mol. The van der Waals surface area contributed by atoms with Crippen molar-refractivity contribution in [3.8, 4) is 0 Å². The predicted octanol–water partition coefficient (Wildman–Crippen LogP) is 2.14. The van der Waals surface area contributed by atoms with Gasteiger partial charge in [-0.2, -0.15) is 0 Å². The number of pyridine rings is 1. The van der Waals surface area contributed by atoms with Crippen molar-refractivity contribution in [3.05, 3.63) is 59.9 Å². The second kappa shape index (κ2) is 6.39. The van der Waals surface area contributed by atoms with Crippen LogP contribution in [0, 0.1) is 0 Å². The van der Waals surface area contributed by atoms with Crippen molar-refractivity contribution in [1.29, 1.82) is 0 Å². The molecule has 112 valence electrons. The molecule has 1 aromatic carbocycles. The summed E-state index contributed by atoms with van der Waals surface area (Å²) in [6, 6.07) is 11.1. The Hall–Kier alpha value is -2.69. The monoisotopic (exact) mass is 295 g/mol.